The largest absolute Gasteiger partial charge is 0.491 e. The molecule has 1 heterocycles. The lowest BCUT2D eigenvalue weighted by Crippen LogP contribution is -2.41. The smallest absolute Gasteiger partial charge is 0.221 e. The molecule has 0 aromatic heterocycles. The van der Waals surface area contributed by atoms with Gasteiger partial charge in [0, 0.05) is 19.2 Å². The van der Waals surface area contributed by atoms with Gasteiger partial charge in [0.05, 0.1) is 0 Å². The Labute approximate surface area is 145 Å². The average molecular weight is 334 g/mol. The summed E-state index contributed by atoms with van der Waals surface area (Å²) in [4.78, 5) is 13.3. The second-order valence-electron chi connectivity index (χ2n) is 7.05. The number of hydrogen-bond acceptors (Lipinski definition) is 4. The number of ether oxygens (including phenoxy) is 1. The van der Waals surface area contributed by atoms with E-state index in [0.717, 1.165) is 30.6 Å². The Kier molecular flexibility index (Phi) is 7.06. The zero-order chi connectivity index (χ0) is 17.5. The maximum atomic E-state index is 11.0. The summed E-state index contributed by atoms with van der Waals surface area (Å²) in [7, 11) is 0. The molecule has 0 saturated carbocycles. The predicted octanol–water partition coefficient (Wildman–Crippen LogP) is 2.75. The summed E-state index contributed by atoms with van der Waals surface area (Å²) in [6, 6.07) is 7.18. The highest BCUT2D eigenvalue weighted by atomic mass is 16.5. The van der Waals surface area contributed by atoms with Gasteiger partial charge in [0.25, 0.3) is 0 Å². The lowest BCUT2D eigenvalue weighted by Gasteiger charge is -2.34. The molecule has 1 aliphatic heterocycles. The Balaban J connectivity index is 1.69. The van der Waals surface area contributed by atoms with Crippen LogP contribution in [0, 0.1) is 11.8 Å². The number of carbonyl (C=O) groups excluding carboxylic acids is 1. The fourth-order valence-electron chi connectivity index (χ4n) is 3.18. The van der Waals surface area contributed by atoms with Gasteiger partial charge >= 0.3 is 0 Å². The minimum Gasteiger partial charge on any atom is -0.491 e. The molecule has 1 atom stereocenters. The van der Waals surface area contributed by atoms with Crippen molar-refractivity contribution < 1.29 is 14.6 Å². The van der Waals surface area contributed by atoms with Gasteiger partial charge in [0.15, 0.2) is 0 Å². The highest BCUT2D eigenvalue weighted by molar-refractivity contribution is 5.88. The van der Waals surface area contributed by atoms with Gasteiger partial charge in [-0.3, -0.25) is 4.79 Å². The van der Waals surface area contributed by atoms with Crippen LogP contribution in [0.25, 0.3) is 0 Å². The van der Waals surface area contributed by atoms with Gasteiger partial charge in [0.2, 0.25) is 5.91 Å². The molecule has 1 fully saturated rings. The minimum absolute atomic E-state index is 0.0969. The molecule has 134 valence electrons. The molecule has 2 N–H and O–H groups in total. The van der Waals surface area contributed by atoms with Crippen molar-refractivity contribution in [2.24, 2.45) is 11.8 Å². The number of piperidine rings is 1. The van der Waals surface area contributed by atoms with E-state index >= 15 is 0 Å². The first-order valence-electron chi connectivity index (χ1n) is 8.85. The molecule has 2 rings (SSSR count). The molecule has 1 unspecified atom stereocenters. The Morgan fingerprint density at radius 3 is 2.46 bits per heavy atom. The van der Waals surface area contributed by atoms with Crippen molar-refractivity contribution in [3.05, 3.63) is 24.3 Å². The Morgan fingerprint density at radius 2 is 1.92 bits per heavy atom. The quantitative estimate of drug-likeness (QED) is 0.805. The third-order valence-electron chi connectivity index (χ3n) is 4.66. The number of carbonyl (C=O) groups is 1. The molecule has 5 nitrogen and oxygen atoms in total. The molecule has 1 amide bonds. The molecule has 1 aliphatic rings. The van der Waals surface area contributed by atoms with Gasteiger partial charge < -0.3 is 20.1 Å². The van der Waals surface area contributed by atoms with Crippen LogP contribution in [0.3, 0.4) is 0 Å². The lowest BCUT2D eigenvalue weighted by atomic mass is 9.87. The van der Waals surface area contributed by atoms with Crippen LogP contribution in [0.2, 0.25) is 0 Å². The number of nitrogens with one attached hydrogen (secondary N) is 1. The first kappa shape index (κ1) is 18.7. The van der Waals surface area contributed by atoms with Gasteiger partial charge in [0.1, 0.15) is 18.5 Å². The van der Waals surface area contributed by atoms with Gasteiger partial charge in [-0.15, -0.1) is 0 Å². The number of aliphatic hydroxyl groups is 1. The highest BCUT2D eigenvalue weighted by Crippen LogP contribution is 2.24. The summed E-state index contributed by atoms with van der Waals surface area (Å²) in [5.74, 6) is 2.17. The second-order valence-corrected chi connectivity index (χ2v) is 7.05. The van der Waals surface area contributed by atoms with E-state index in [1.807, 2.05) is 0 Å². The lowest BCUT2D eigenvalue weighted by molar-refractivity contribution is -0.114. The zero-order valence-corrected chi connectivity index (χ0v) is 15.0. The number of likely N-dealkylation sites (tertiary alicyclic amines) is 1. The molecule has 0 radical (unpaired) electrons. The van der Waals surface area contributed by atoms with Crippen LogP contribution in [-0.2, 0) is 4.79 Å². The topological polar surface area (TPSA) is 61.8 Å². The number of nitrogens with zero attached hydrogens (tertiary/aromatic N) is 1. The number of anilines is 1. The summed E-state index contributed by atoms with van der Waals surface area (Å²) >= 11 is 0. The van der Waals surface area contributed by atoms with Crippen LogP contribution < -0.4 is 10.1 Å². The van der Waals surface area contributed by atoms with E-state index < -0.39 is 6.10 Å². The summed E-state index contributed by atoms with van der Waals surface area (Å²) in [5, 5.41) is 12.9. The van der Waals surface area contributed by atoms with E-state index in [2.05, 4.69) is 24.1 Å². The fourth-order valence-corrected chi connectivity index (χ4v) is 3.18. The first-order chi connectivity index (χ1) is 11.4. The minimum atomic E-state index is -0.490. The van der Waals surface area contributed by atoms with E-state index in [-0.39, 0.29) is 12.5 Å². The molecule has 0 aliphatic carbocycles. The standard InChI is InChI=1S/C19H30N2O3/c1-14(2)16-8-10-21(11-9-16)12-18(23)13-24-19-6-4-17(5-7-19)20-15(3)22/h4-7,14,16,18,23H,8-13H2,1-3H3,(H,20,22). The van der Waals surface area contributed by atoms with Crippen molar-refractivity contribution in [1.29, 1.82) is 0 Å². The van der Waals surface area contributed by atoms with Crippen LogP contribution in [0.4, 0.5) is 5.69 Å². The number of β-amino-alcohol motifs (C(OH)–C–C–N with tert-alkyl or cyclic N) is 1. The van der Waals surface area contributed by atoms with Crippen LogP contribution >= 0.6 is 0 Å². The van der Waals surface area contributed by atoms with Crippen molar-refractivity contribution in [3.63, 3.8) is 0 Å². The highest BCUT2D eigenvalue weighted by Gasteiger charge is 2.22. The van der Waals surface area contributed by atoms with Crippen molar-refractivity contribution in [1.82, 2.24) is 4.90 Å². The van der Waals surface area contributed by atoms with Crippen LogP contribution in [-0.4, -0.2) is 48.3 Å². The first-order valence-corrected chi connectivity index (χ1v) is 8.85. The molecule has 1 aromatic carbocycles. The number of rotatable bonds is 7. The molecule has 0 spiro atoms. The van der Waals surface area contributed by atoms with E-state index in [9.17, 15) is 9.90 Å². The van der Waals surface area contributed by atoms with E-state index in [4.69, 9.17) is 4.74 Å². The van der Waals surface area contributed by atoms with Gasteiger partial charge in [-0.25, -0.2) is 0 Å². The number of aliphatic hydroxyl groups excluding tert-OH is 1. The maximum absolute atomic E-state index is 11.0. The summed E-state index contributed by atoms with van der Waals surface area (Å²) in [5.41, 5.74) is 0.739. The number of hydrogen-bond donors (Lipinski definition) is 2. The summed E-state index contributed by atoms with van der Waals surface area (Å²) in [6.45, 7) is 9.13. The Hall–Kier alpha value is -1.59. The Morgan fingerprint density at radius 1 is 1.29 bits per heavy atom. The summed E-state index contributed by atoms with van der Waals surface area (Å²) in [6.07, 6.45) is 1.95. The predicted molar refractivity (Wildman–Crippen MR) is 96.2 cm³/mol. The number of benzene rings is 1. The van der Waals surface area contributed by atoms with E-state index in [1.165, 1.54) is 19.8 Å². The third-order valence-corrected chi connectivity index (χ3v) is 4.66. The maximum Gasteiger partial charge on any atom is 0.221 e. The van der Waals surface area contributed by atoms with Gasteiger partial charge in [-0.1, -0.05) is 13.8 Å². The van der Waals surface area contributed by atoms with Crippen LogP contribution in [0.1, 0.15) is 33.6 Å². The zero-order valence-electron chi connectivity index (χ0n) is 15.0. The van der Waals surface area contributed by atoms with E-state index in [1.54, 1.807) is 24.3 Å². The van der Waals surface area contributed by atoms with Crippen LogP contribution in [0.5, 0.6) is 5.75 Å². The average Bonchev–Trinajstić information content (AvgIpc) is 2.54. The Bertz CT molecular complexity index is 508. The monoisotopic (exact) mass is 334 g/mol. The molecule has 1 saturated heterocycles. The van der Waals surface area contributed by atoms with Crippen LogP contribution in [0.15, 0.2) is 24.3 Å². The molecule has 1 aromatic rings. The second kappa shape index (κ2) is 9.04. The molecule has 0 bridgehead atoms. The van der Waals surface area contributed by atoms with Crippen molar-refractivity contribution in [3.8, 4) is 5.75 Å². The SMILES string of the molecule is CC(=O)Nc1ccc(OCC(O)CN2CCC(C(C)C)CC2)cc1. The molecular weight excluding hydrogens is 304 g/mol. The van der Waals surface area contributed by atoms with Crippen molar-refractivity contribution in [2.45, 2.75) is 39.7 Å². The van der Waals surface area contributed by atoms with Crippen molar-refractivity contribution >= 4 is 11.6 Å². The fraction of sp³-hybridized carbons (Fsp3) is 0.632. The summed E-state index contributed by atoms with van der Waals surface area (Å²) < 4.78 is 5.64. The molecule has 5 heteroatoms. The van der Waals surface area contributed by atoms with Gasteiger partial charge in [-0.05, 0) is 62.0 Å². The number of amides is 1. The molecular formula is C19H30N2O3. The molecule has 24 heavy (non-hydrogen) atoms. The van der Waals surface area contributed by atoms with E-state index in [0.29, 0.717) is 12.3 Å². The third kappa shape index (κ3) is 6.13. The normalized spacial score (nSPS) is 17.7. The van der Waals surface area contributed by atoms with Gasteiger partial charge in [-0.2, -0.15) is 0 Å². The van der Waals surface area contributed by atoms with Crippen molar-refractivity contribution in [2.75, 3.05) is 31.6 Å².